The third-order valence-electron chi connectivity index (χ3n) is 5.95. The zero-order valence-electron chi connectivity index (χ0n) is 22.9. The van der Waals surface area contributed by atoms with Gasteiger partial charge in [-0.2, -0.15) is 5.10 Å². The quantitative estimate of drug-likeness (QED) is 0.118. The molecule has 0 radical (unpaired) electrons. The summed E-state index contributed by atoms with van der Waals surface area (Å²) < 4.78 is 24.0. The van der Waals surface area contributed by atoms with Crippen molar-refractivity contribution in [3.8, 4) is 17.2 Å². The molecule has 0 spiro atoms. The second kappa shape index (κ2) is 13.4. The molecule has 0 saturated heterocycles. The van der Waals surface area contributed by atoms with E-state index < -0.39 is 18.0 Å². The number of hydrazone groups is 1. The molecule has 0 saturated carbocycles. The van der Waals surface area contributed by atoms with E-state index in [1.807, 2.05) is 24.3 Å². The van der Waals surface area contributed by atoms with Crippen LogP contribution >= 0.6 is 23.2 Å². The second-order valence-electron chi connectivity index (χ2n) is 9.02. The summed E-state index contributed by atoms with van der Waals surface area (Å²) >= 11 is 12.6. The summed E-state index contributed by atoms with van der Waals surface area (Å²) in [5, 5.41) is 4.27. The number of rotatable bonds is 11. The minimum atomic E-state index is -0.892. The second-order valence-corrected chi connectivity index (χ2v) is 9.84. The van der Waals surface area contributed by atoms with E-state index in [0.717, 1.165) is 17.1 Å². The maximum absolute atomic E-state index is 12.5. The number of amides is 1. The number of furan rings is 1. The number of halogens is 2. The molecule has 4 rings (SSSR count). The number of aromatic nitrogens is 1. The van der Waals surface area contributed by atoms with Gasteiger partial charge in [0.1, 0.15) is 18.1 Å². The van der Waals surface area contributed by atoms with Gasteiger partial charge in [-0.15, -0.1) is 0 Å². The summed E-state index contributed by atoms with van der Waals surface area (Å²) in [7, 11) is 0. The predicted molar refractivity (Wildman–Crippen MR) is 157 cm³/mol. The lowest BCUT2D eigenvalue weighted by Gasteiger charge is -2.16. The van der Waals surface area contributed by atoms with Gasteiger partial charge in [0.25, 0.3) is 0 Å². The molecule has 9 nitrogen and oxygen atoms in total. The fraction of sp³-hybridized carbons (Fsp3) is 0.233. The lowest BCUT2D eigenvalue weighted by atomic mass is 10.2. The zero-order chi connectivity index (χ0) is 29.5. The molecular weight excluding hydrogens is 569 g/mol. The normalized spacial score (nSPS) is 11.9. The van der Waals surface area contributed by atoms with Gasteiger partial charge in [0.15, 0.2) is 17.6 Å². The molecule has 1 atom stereocenters. The summed E-state index contributed by atoms with van der Waals surface area (Å²) in [4.78, 5) is 24.3. The number of hydrogen-bond donors (Lipinski definition) is 1. The molecular formula is C30H29Cl2N3O6. The average Bonchev–Trinajstić information content (AvgIpc) is 3.56. The van der Waals surface area contributed by atoms with Gasteiger partial charge in [-0.1, -0.05) is 23.2 Å². The third kappa shape index (κ3) is 7.50. The number of hydrogen-bond acceptors (Lipinski definition) is 7. The van der Waals surface area contributed by atoms with Crippen molar-refractivity contribution in [2.45, 2.75) is 40.4 Å². The van der Waals surface area contributed by atoms with Gasteiger partial charge in [-0.3, -0.25) is 4.79 Å². The first-order valence-corrected chi connectivity index (χ1v) is 13.5. The Bertz CT molecular complexity index is 1520. The summed E-state index contributed by atoms with van der Waals surface area (Å²) in [6.07, 6.45) is 0.471. The molecule has 11 heteroatoms. The van der Waals surface area contributed by atoms with Crippen LogP contribution in [0.15, 0.2) is 70.2 Å². The number of nitrogens with zero attached hydrogens (tertiary/aromatic N) is 2. The van der Waals surface area contributed by atoms with E-state index in [9.17, 15) is 9.59 Å². The molecule has 41 heavy (non-hydrogen) atoms. The molecule has 0 aliphatic carbocycles. The van der Waals surface area contributed by atoms with E-state index in [0.29, 0.717) is 17.1 Å². The maximum atomic E-state index is 12.5. The largest absolute Gasteiger partial charge is 0.486 e. The number of esters is 1. The number of aryl methyl sites for hydroxylation is 2. The molecule has 0 unspecified atom stereocenters. The SMILES string of the molecule is CCOC(=O)[C@@H](C)Oc1c(Cl)cc(/C=N/NC(=O)c2ccc(COc3ccc(-n4c(C)ccc4C)cc3)o2)cc1Cl. The molecule has 1 amide bonds. The summed E-state index contributed by atoms with van der Waals surface area (Å²) in [5.74, 6) is 0.284. The Morgan fingerprint density at radius 1 is 1.02 bits per heavy atom. The van der Waals surface area contributed by atoms with Crippen molar-refractivity contribution in [1.29, 1.82) is 0 Å². The van der Waals surface area contributed by atoms with Crippen LogP contribution in [0.25, 0.3) is 5.69 Å². The van der Waals surface area contributed by atoms with Gasteiger partial charge in [0.2, 0.25) is 0 Å². The standard InChI is InChI=1S/C30H29Cl2N3O6/c1-5-38-30(37)20(4)40-28-25(31)14-21(15-26(28)32)16-33-34-29(36)27-13-12-24(41-27)17-39-23-10-8-22(9-11-23)35-18(2)6-7-19(35)3/h6-16,20H,5,17H2,1-4H3,(H,34,36)/b33-16+/t20-/m1/s1. The maximum Gasteiger partial charge on any atom is 0.347 e. The zero-order valence-corrected chi connectivity index (χ0v) is 24.5. The predicted octanol–water partition coefficient (Wildman–Crippen LogP) is 6.67. The van der Waals surface area contributed by atoms with E-state index >= 15 is 0 Å². The van der Waals surface area contributed by atoms with Crippen molar-refractivity contribution >= 4 is 41.3 Å². The monoisotopic (exact) mass is 597 g/mol. The third-order valence-corrected chi connectivity index (χ3v) is 6.51. The number of nitrogens with one attached hydrogen (secondary N) is 1. The van der Waals surface area contributed by atoms with Gasteiger partial charge in [-0.25, -0.2) is 10.2 Å². The molecule has 214 valence electrons. The molecule has 2 heterocycles. The topological polar surface area (TPSA) is 104 Å². The lowest BCUT2D eigenvalue weighted by molar-refractivity contribution is -0.150. The highest BCUT2D eigenvalue weighted by molar-refractivity contribution is 6.37. The van der Waals surface area contributed by atoms with Gasteiger partial charge >= 0.3 is 11.9 Å². The number of ether oxygens (including phenoxy) is 3. The van der Waals surface area contributed by atoms with E-state index in [1.165, 1.54) is 31.3 Å². The molecule has 4 aromatic rings. The number of benzene rings is 2. The fourth-order valence-electron chi connectivity index (χ4n) is 3.97. The first-order valence-electron chi connectivity index (χ1n) is 12.8. The highest BCUT2D eigenvalue weighted by Crippen LogP contribution is 2.34. The van der Waals surface area contributed by atoms with Crippen molar-refractivity contribution in [2.75, 3.05) is 6.61 Å². The van der Waals surface area contributed by atoms with Gasteiger partial charge in [-0.05, 0) is 93.9 Å². The van der Waals surface area contributed by atoms with Crippen LogP contribution < -0.4 is 14.9 Å². The number of carbonyl (C=O) groups is 2. The van der Waals surface area contributed by atoms with Gasteiger partial charge in [0.05, 0.1) is 22.9 Å². The summed E-state index contributed by atoms with van der Waals surface area (Å²) in [5.41, 5.74) is 6.24. The Labute approximate surface area is 247 Å². The van der Waals surface area contributed by atoms with Crippen LogP contribution in [0, 0.1) is 13.8 Å². The first-order chi connectivity index (χ1) is 19.7. The highest BCUT2D eigenvalue weighted by Gasteiger charge is 2.19. The Kier molecular flexibility index (Phi) is 9.75. The molecule has 0 aliphatic rings. The van der Waals surface area contributed by atoms with Crippen LogP contribution in [0.5, 0.6) is 11.5 Å². The van der Waals surface area contributed by atoms with E-state index in [2.05, 4.69) is 41.1 Å². The van der Waals surface area contributed by atoms with Crippen LogP contribution in [0.2, 0.25) is 10.0 Å². The van der Waals surface area contributed by atoms with Crippen LogP contribution in [-0.2, 0) is 16.1 Å². The van der Waals surface area contributed by atoms with Crippen LogP contribution in [-0.4, -0.2) is 35.4 Å². The van der Waals surface area contributed by atoms with Gasteiger partial charge < -0.3 is 23.2 Å². The van der Waals surface area contributed by atoms with Crippen molar-refractivity contribution in [1.82, 2.24) is 9.99 Å². The molecule has 2 aromatic carbocycles. The molecule has 0 fully saturated rings. The molecule has 1 N–H and O–H groups in total. The molecule has 0 aliphatic heterocycles. The van der Waals surface area contributed by atoms with Crippen molar-refractivity contribution in [3.63, 3.8) is 0 Å². The van der Waals surface area contributed by atoms with Crippen LogP contribution in [0.3, 0.4) is 0 Å². The number of carbonyl (C=O) groups excluding carboxylic acids is 2. The van der Waals surface area contributed by atoms with Crippen LogP contribution in [0.1, 0.15) is 47.1 Å². The fourth-order valence-corrected chi connectivity index (χ4v) is 4.56. The summed E-state index contributed by atoms with van der Waals surface area (Å²) in [6, 6.07) is 18.2. The van der Waals surface area contributed by atoms with Crippen LogP contribution in [0.4, 0.5) is 0 Å². The van der Waals surface area contributed by atoms with Crippen molar-refractivity contribution in [3.05, 3.63) is 99.2 Å². The first kappa shape index (κ1) is 29.8. The van der Waals surface area contributed by atoms with Gasteiger partial charge in [0, 0.05) is 17.1 Å². The highest BCUT2D eigenvalue weighted by atomic mass is 35.5. The summed E-state index contributed by atoms with van der Waals surface area (Å²) in [6.45, 7) is 7.73. The average molecular weight is 598 g/mol. The minimum absolute atomic E-state index is 0.0717. The van der Waals surface area contributed by atoms with Crippen molar-refractivity contribution in [2.24, 2.45) is 5.10 Å². The molecule has 0 bridgehead atoms. The molecule has 2 aromatic heterocycles. The van der Waals surface area contributed by atoms with E-state index in [-0.39, 0.29) is 34.8 Å². The Morgan fingerprint density at radius 3 is 2.32 bits per heavy atom. The van der Waals surface area contributed by atoms with Crippen molar-refractivity contribution < 1.29 is 28.2 Å². The van der Waals surface area contributed by atoms with E-state index in [4.69, 9.17) is 41.8 Å². The smallest absolute Gasteiger partial charge is 0.347 e. The lowest BCUT2D eigenvalue weighted by Crippen LogP contribution is -2.26. The Morgan fingerprint density at radius 2 is 1.68 bits per heavy atom. The van der Waals surface area contributed by atoms with E-state index in [1.54, 1.807) is 13.0 Å². The minimum Gasteiger partial charge on any atom is -0.486 e. The Hall–Kier alpha value is -4.21. The Balaban J connectivity index is 1.30.